The highest BCUT2D eigenvalue weighted by Gasteiger charge is 2.16. The smallest absolute Gasteiger partial charge is 0.0449 e. The molecule has 0 spiro atoms. The van der Waals surface area contributed by atoms with E-state index < -0.39 is 0 Å². The minimum atomic E-state index is 0.170. The molecule has 2 rings (SSSR count). The van der Waals surface area contributed by atoms with Gasteiger partial charge in [0, 0.05) is 16.8 Å². The van der Waals surface area contributed by atoms with Crippen LogP contribution < -0.4 is 5.73 Å². The lowest BCUT2D eigenvalue weighted by molar-refractivity contribution is 0.705. The second-order valence-corrected chi connectivity index (χ2v) is 4.77. The lowest BCUT2D eigenvalue weighted by Crippen LogP contribution is -2.11. The minimum Gasteiger partial charge on any atom is -0.324 e. The average molecular weight is 214 g/mol. The van der Waals surface area contributed by atoms with E-state index in [9.17, 15) is 0 Å². The summed E-state index contributed by atoms with van der Waals surface area (Å²) in [5.41, 5.74) is 8.51. The fourth-order valence-corrected chi connectivity index (χ4v) is 3.03. The second kappa shape index (κ2) is 3.91. The molecule has 1 atom stereocenters. The molecule has 0 aliphatic carbocycles. The first-order chi connectivity index (χ1) is 6.29. The highest BCUT2D eigenvalue weighted by molar-refractivity contribution is 7.98. The molecule has 0 fully saturated rings. The lowest BCUT2D eigenvalue weighted by atomic mass is 10.0. The van der Waals surface area contributed by atoms with Gasteiger partial charge >= 0.3 is 0 Å². The number of halogens is 1. The SMILES string of the molecule is NC1CCSCc2c(Cl)cccc21. The summed E-state index contributed by atoms with van der Waals surface area (Å²) in [6.45, 7) is 0. The van der Waals surface area contributed by atoms with E-state index in [1.54, 1.807) is 0 Å². The Morgan fingerprint density at radius 1 is 1.46 bits per heavy atom. The molecule has 0 amide bonds. The van der Waals surface area contributed by atoms with E-state index in [2.05, 4.69) is 6.07 Å². The lowest BCUT2D eigenvalue weighted by Gasteiger charge is -2.12. The Balaban J connectivity index is 2.47. The maximum absolute atomic E-state index is 6.11. The Morgan fingerprint density at radius 3 is 3.15 bits per heavy atom. The maximum atomic E-state index is 6.11. The second-order valence-electron chi connectivity index (χ2n) is 3.26. The van der Waals surface area contributed by atoms with Crippen molar-refractivity contribution >= 4 is 23.4 Å². The number of thioether (sulfide) groups is 1. The van der Waals surface area contributed by atoms with Crippen LogP contribution in [0.4, 0.5) is 0 Å². The average Bonchev–Trinajstić information content (AvgIpc) is 2.30. The van der Waals surface area contributed by atoms with E-state index in [1.165, 1.54) is 11.1 Å². The van der Waals surface area contributed by atoms with Gasteiger partial charge in [0.15, 0.2) is 0 Å². The topological polar surface area (TPSA) is 26.0 Å². The van der Waals surface area contributed by atoms with Gasteiger partial charge in [0.1, 0.15) is 0 Å². The van der Waals surface area contributed by atoms with Crippen LogP contribution in [0.1, 0.15) is 23.6 Å². The molecule has 1 aliphatic rings. The van der Waals surface area contributed by atoms with Crippen molar-refractivity contribution in [3.8, 4) is 0 Å². The first-order valence-electron chi connectivity index (χ1n) is 4.39. The number of rotatable bonds is 0. The summed E-state index contributed by atoms with van der Waals surface area (Å²) in [4.78, 5) is 0. The van der Waals surface area contributed by atoms with Crippen molar-refractivity contribution in [1.82, 2.24) is 0 Å². The molecule has 2 N–H and O–H groups in total. The Morgan fingerprint density at radius 2 is 2.31 bits per heavy atom. The molecule has 1 unspecified atom stereocenters. The van der Waals surface area contributed by atoms with E-state index in [-0.39, 0.29) is 6.04 Å². The van der Waals surface area contributed by atoms with Crippen LogP contribution in [0.2, 0.25) is 5.02 Å². The molecule has 1 aromatic carbocycles. The molecular formula is C10H12ClNS. The van der Waals surface area contributed by atoms with E-state index in [4.69, 9.17) is 17.3 Å². The van der Waals surface area contributed by atoms with Gasteiger partial charge in [-0.3, -0.25) is 0 Å². The molecule has 3 heteroatoms. The van der Waals surface area contributed by atoms with Gasteiger partial charge in [0.2, 0.25) is 0 Å². The predicted molar refractivity (Wildman–Crippen MR) is 59.2 cm³/mol. The van der Waals surface area contributed by atoms with Crippen LogP contribution in [0.25, 0.3) is 0 Å². The molecule has 1 heterocycles. The zero-order valence-electron chi connectivity index (χ0n) is 7.29. The first-order valence-corrected chi connectivity index (χ1v) is 5.93. The number of benzene rings is 1. The third-order valence-corrected chi connectivity index (χ3v) is 3.75. The molecule has 1 aromatic rings. The van der Waals surface area contributed by atoms with Crippen molar-refractivity contribution < 1.29 is 0 Å². The Kier molecular flexibility index (Phi) is 2.82. The quantitative estimate of drug-likeness (QED) is 0.717. The largest absolute Gasteiger partial charge is 0.324 e. The summed E-state index contributed by atoms with van der Waals surface area (Å²) in [6.07, 6.45) is 1.05. The standard InChI is InChI=1S/C10H12ClNS/c11-9-3-1-2-7-8(9)6-13-5-4-10(7)12/h1-3,10H,4-6,12H2. The van der Waals surface area contributed by atoms with E-state index in [1.807, 2.05) is 23.9 Å². The van der Waals surface area contributed by atoms with Crippen molar-refractivity contribution in [2.45, 2.75) is 18.2 Å². The molecule has 70 valence electrons. The van der Waals surface area contributed by atoms with Gasteiger partial charge in [-0.15, -0.1) is 0 Å². The van der Waals surface area contributed by atoms with Crippen molar-refractivity contribution in [3.05, 3.63) is 34.3 Å². The number of hydrogen-bond donors (Lipinski definition) is 1. The van der Waals surface area contributed by atoms with Crippen molar-refractivity contribution in [1.29, 1.82) is 0 Å². The van der Waals surface area contributed by atoms with Gasteiger partial charge in [-0.2, -0.15) is 11.8 Å². The molecule has 13 heavy (non-hydrogen) atoms. The monoisotopic (exact) mass is 213 g/mol. The third kappa shape index (κ3) is 1.85. The summed E-state index contributed by atoms with van der Waals surface area (Å²) in [7, 11) is 0. The van der Waals surface area contributed by atoms with Gasteiger partial charge in [-0.05, 0) is 29.4 Å². The number of nitrogens with two attached hydrogens (primary N) is 1. The van der Waals surface area contributed by atoms with E-state index in [0.29, 0.717) is 0 Å². The number of hydrogen-bond acceptors (Lipinski definition) is 2. The van der Waals surface area contributed by atoms with Crippen LogP contribution in [-0.4, -0.2) is 5.75 Å². The minimum absolute atomic E-state index is 0.170. The molecule has 1 nitrogen and oxygen atoms in total. The Hall–Kier alpha value is -0.180. The highest BCUT2D eigenvalue weighted by Crippen LogP contribution is 2.33. The summed E-state index contributed by atoms with van der Waals surface area (Å²) < 4.78 is 0. The highest BCUT2D eigenvalue weighted by atomic mass is 35.5. The van der Waals surface area contributed by atoms with Gasteiger partial charge in [0.05, 0.1) is 0 Å². The van der Waals surface area contributed by atoms with Gasteiger partial charge in [-0.1, -0.05) is 23.7 Å². The summed E-state index contributed by atoms with van der Waals surface area (Å²) in [5, 5.41) is 0.863. The molecule has 0 bridgehead atoms. The van der Waals surface area contributed by atoms with Crippen molar-refractivity contribution in [3.63, 3.8) is 0 Å². The predicted octanol–water partition coefficient (Wildman–Crippen LogP) is 2.98. The van der Waals surface area contributed by atoms with Gasteiger partial charge < -0.3 is 5.73 Å². The Labute approximate surface area is 87.7 Å². The Bertz CT molecular complexity index is 314. The zero-order chi connectivity index (χ0) is 9.26. The molecule has 1 aliphatic heterocycles. The van der Waals surface area contributed by atoms with Gasteiger partial charge in [0.25, 0.3) is 0 Å². The molecule has 0 saturated heterocycles. The van der Waals surface area contributed by atoms with Crippen molar-refractivity contribution in [2.24, 2.45) is 5.73 Å². The summed E-state index contributed by atoms with van der Waals surface area (Å²) in [6, 6.07) is 6.19. The molecule has 0 aromatic heterocycles. The molecule has 0 saturated carbocycles. The van der Waals surface area contributed by atoms with Crippen LogP contribution in [-0.2, 0) is 5.75 Å². The fourth-order valence-electron chi connectivity index (χ4n) is 1.62. The molecular weight excluding hydrogens is 202 g/mol. The van der Waals surface area contributed by atoms with E-state index in [0.717, 1.165) is 22.9 Å². The van der Waals surface area contributed by atoms with Crippen LogP contribution in [0.5, 0.6) is 0 Å². The van der Waals surface area contributed by atoms with Crippen LogP contribution in [0.15, 0.2) is 18.2 Å². The fraction of sp³-hybridized carbons (Fsp3) is 0.400. The third-order valence-electron chi connectivity index (χ3n) is 2.37. The maximum Gasteiger partial charge on any atom is 0.0449 e. The molecule has 0 radical (unpaired) electrons. The first kappa shape index (κ1) is 9.38. The summed E-state index contributed by atoms with van der Waals surface area (Å²) in [5.74, 6) is 2.13. The van der Waals surface area contributed by atoms with Crippen LogP contribution in [0.3, 0.4) is 0 Å². The zero-order valence-corrected chi connectivity index (χ0v) is 8.87. The number of fused-ring (bicyclic) bond motifs is 1. The summed E-state index contributed by atoms with van der Waals surface area (Å²) >= 11 is 8.02. The van der Waals surface area contributed by atoms with Crippen LogP contribution in [0, 0.1) is 0 Å². The van der Waals surface area contributed by atoms with E-state index >= 15 is 0 Å². The van der Waals surface area contributed by atoms with Gasteiger partial charge in [-0.25, -0.2) is 0 Å². The normalized spacial score (nSPS) is 22.2. The van der Waals surface area contributed by atoms with Crippen LogP contribution >= 0.6 is 23.4 Å². The van der Waals surface area contributed by atoms with Crippen molar-refractivity contribution in [2.75, 3.05) is 5.75 Å².